The first-order valence-corrected chi connectivity index (χ1v) is 14.2. The first kappa shape index (κ1) is 32.0. The minimum absolute atomic E-state index is 0.189. The van der Waals surface area contributed by atoms with Crippen molar-refractivity contribution in [3.63, 3.8) is 0 Å². The summed E-state index contributed by atoms with van der Waals surface area (Å²) in [6.07, 6.45) is -0.487. The number of aliphatic hydroxyl groups excluding tert-OH is 1. The fourth-order valence-corrected chi connectivity index (χ4v) is 4.73. The van der Waals surface area contributed by atoms with Gasteiger partial charge in [0.25, 0.3) is 5.91 Å². The molecule has 4 rings (SSSR count). The summed E-state index contributed by atoms with van der Waals surface area (Å²) in [5, 5.41) is 18.3. The number of aliphatic hydroxyl groups is 1. The van der Waals surface area contributed by atoms with E-state index in [1.807, 2.05) is 6.92 Å². The number of hydrogen-bond acceptors (Lipinski definition) is 7. The highest BCUT2D eigenvalue weighted by molar-refractivity contribution is 6.02. The Morgan fingerprint density at radius 1 is 0.955 bits per heavy atom. The molecule has 0 saturated heterocycles. The van der Waals surface area contributed by atoms with Gasteiger partial charge < -0.3 is 45.1 Å². The van der Waals surface area contributed by atoms with Crippen molar-refractivity contribution >= 4 is 35.0 Å². The van der Waals surface area contributed by atoms with Crippen LogP contribution in [-0.4, -0.2) is 86.0 Å². The van der Waals surface area contributed by atoms with Crippen LogP contribution in [0.25, 0.3) is 0 Å². The highest BCUT2D eigenvalue weighted by Gasteiger charge is 2.34. The molecule has 12 heteroatoms. The molecule has 1 aliphatic heterocycles. The summed E-state index contributed by atoms with van der Waals surface area (Å²) in [4.78, 5) is 42.6. The summed E-state index contributed by atoms with van der Waals surface area (Å²) in [6.45, 7) is 3.98. The molecule has 3 aromatic carbocycles. The Kier molecular flexibility index (Phi) is 10.5. The number of nitrogens with one attached hydrogen (secondary N) is 3. The molecule has 1 aliphatic rings. The average Bonchev–Trinajstić information content (AvgIpc) is 3.03. The zero-order valence-corrected chi connectivity index (χ0v) is 25.5. The molecule has 0 bridgehead atoms. The normalized spacial score (nSPS) is 16.8. The molecule has 1 heterocycles. The fourth-order valence-electron chi connectivity index (χ4n) is 4.73. The predicted molar refractivity (Wildman–Crippen MR) is 168 cm³/mol. The van der Waals surface area contributed by atoms with Crippen molar-refractivity contribution in [2.24, 2.45) is 5.92 Å². The molecule has 0 aromatic heterocycles. The SMILES string of the molecule is COc1ccc(NC(=O)Nc2ccc3c(c2)C(=O)N([C@H](C)CO)C[C@@H](C)[C@H](CN(C)C(=O)Nc2ccc(OC)cc2)O3)cc1. The lowest BCUT2D eigenvalue weighted by molar-refractivity contribution is 0.0371. The van der Waals surface area contributed by atoms with E-state index in [9.17, 15) is 19.5 Å². The largest absolute Gasteiger partial charge is 0.497 e. The maximum absolute atomic E-state index is 13.7. The number of amides is 5. The third-order valence-corrected chi connectivity index (χ3v) is 7.41. The van der Waals surface area contributed by atoms with Crippen molar-refractivity contribution in [2.45, 2.75) is 26.0 Å². The standard InChI is InChI=1S/C32H39N5O7/c1-20-17-37(21(2)19-38)30(39)27-16-24(34-31(40)33-22-6-11-25(42-4)12-7-22)10-15-28(27)44-29(20)18-36(3)32(41)35-23-8-13-26(43-5)14-9-23/h6-16,20-21,29,38H,17-19H2,1-5H3,(H,35,41)(H2,33,34,40)/t20-,21-,29+/m1/s1. The van der Waals surface area contributed by atoms with E-state index < -0.39 is 18.2 Å². The lowest BCUT2D eigenvalue weighted by Gasteiger charge is -2.38. The molecule has 234 valence electrons. The summed E-state index contributed by atoms with van der Waals surface area (Å²) in [5.41, 5.74) is 1.79. The number of ether oxygens (including phenoxy) is 3. The molecule has 0 aliphatic carbocycles. The first-order chi connectivity index (χ1) is 21.1. The van der Waals surface area contributed by atoms with Crippen molar-refractivity contribution < 1.29 is 33.7 Å². The second-order valence-corrected chi connectivity index (χ2v) is 10.7. The zero-order chi connectivity index (χ0) is 31.8. The molecule has 0 radical (unpaired) electrons. The molecular weight excluding hydrogens is 566 g/mol. The van der Waals surface area contributed by atoms with Crippen LogP contribution in [0.4, 0.5) is 26.7 Å². The monoisotopic (exact) mass is 605 g/mol. The minimum atomic E-state index is -0.495. The molecule has 0 fully saturated rings. The van der Waals surface area contributed by atoms with Crippen LogP contribution in [0, 0.1) is 5.92 Å². The van der Waals surface area contributed by atoms with Gasteiger partial charge in [-0.15, -0.1) is 0 Å². The third kappa shape index (κ3) is 7.90. The maximum Gasteiger partial charge on any atom is 0.323 e. The fraction of sp³-hybridized carbons (Fsp3) is 0.344. The molecule has 3 aromatic rings. The Balaban J connectivity index is 1.52. The number of methoxy groups -OCH3 is 2. The van der Waals surface area contributed by atoms with Gasteiger partial charge in [0.05, 0.1) is 39.0 Å². The summed E-state index contributed by atoms with van der Waals surface area (Å²) in [6, 6.07) is 17.4. The van der Waals surface area contributed by atoms with E-state index >= 15 is 0 Å². The highest BCUT2D eigenvalue weighted by atomic mass is 16.5. The molecule has 0 saturated carbocycles. The van der Waals surface area contributed by atoms with Gasteiger partial charge in [0.15, 0.2) is 0 Å². The Hall–Kier alpha value is -4.97. The van der Waals surface area contributed by atoms with Crippen LogP contribution >= 0.6 is 0 Å². The Bertz CT molecular complexity index is 1450. The lowest BCUT2D eigenvalue weighted by Crippen LogP contribution is -2.50. The van der Waals surface area contributed by atoms with E-state index in [1.54, 1.807) is 99.8 Å². The van der Waals surface area contributed by atoms with Crippen molar-refractivity contribution in [3.05, 3.63) is 72.3 Å². The summed E-state index contributed by atoms with van der Waals surface area (Å²) >= 11 is 0. The quantitative estimate of drug-likeness (QED) is 0.276. The zero-order valence-electron chi connectivity index (χ0n) is 25.5. The number of likely N-dealkylation sites (N-methyl/N-ethyl adjacent to an activating group) is 1. The number of benzene rings is 3. The Morgan fingerprint density at radius 2 is 1.50 bits per heavy atom. The number of hydrogen-bond donors (Lipinski definition) is 4. The maximum atomic E-state index is 13.7. The van der Waals surface area contributed by atoms with Crippen LogP contribution in [0.1, 0.15) is 24.2 Å². The van der Waals surface area contributed by atoms with Crippen molar-refractivity contribution in [1.82, 2.24) is 9.80 Å². The number of fused-ring (bicyclic) bond motifs is 1. The van der Waals surface area contributed by atoms with Crippen LogP contribution in [0.2, 0.25) is 0 Å². The Morgan fingerprint density at radius 3 is 2.07 bits per heavy atom. The van der Waals surface area contributed by atoms with E-state index in [2.05, 4.69) is 16.0 Å². The molecule has 0 unspecified atom stereocenters. The van der Waals surface area contributed by atoms with Gasteiger partial charge in [-0.3, -0.25) is 4.79 Å². The number of rotatable bonds is 9. The third-order valence-electron chi connectivity index (χ3n) is 7.41. The van der Waals surface area contributed by atoms with Crippen molar-refractivity contribution in [3.8, 4) is 17.2 Å². The van der Waals surface area contributed by atoms with Crippen LogP contribution in [-0.2, 0) is 0 Å². The molecule has 4 N–H and O–H groups in total. The van der Waals surface area contributed by atoms with E-state index in [0.717, 1.165) is 0 Å². The van der Waals surface area contributed by atoms with Gasteiger partial charge in [-0.1, -0.05) is 6.92 Å². The summed E-state index contributed by atoms with van der Waals surface area (Å²) in [7, 11) is 4.80. The number of carbonyl (C=O) groups excluding carboxylic acids is 3. The van der Waals surface area contributed by atoms with E-state index in [0.29, 0.717) is 34.3 Å². The van der Waals surface area contributed by atoms with Crippen LogP contribution < -0.4 is 30.2 Å². The van der Waals surface area contributed by atoms with Gasteiger partial charge in [0, 0.05) is 36.6 Å². The number of carbonyl (C=O) groups is 3. The van der Waals surface area contributed by atoms with Crippen molar-refractivity contribution in [2.75, 3.05) is 56.9 Å². The summed E-state index contributed by atoms with van der Waals surface area (Å²) in [5.74, 6) is 1.13. The molecule has 3 atom stereocenters. The highest BCUT2D eigenvalue weighted by Crippen LogP contribution is 2.31. The van der Waals surface area contributed by atoms with E-state index in [1.165, 1.54) is 4.90 Å². The van der Waals surface area contributed by atoms with E-state index in [-0.39, 0.29) is 43.1 Å². The van der Waals surface area contributed by atoms with Gasteiger partial charge >= 0.3 is 12.1 Å². The van der Waals surface area contributed by atoms with Crippen LogP contribution in [0.5, 0.6) is 17.2 Å². The topological polar surface area (TPSA) is 142 Å². The molecule has 0 spiro atoms. The summed E-state index contributed by atoms with van der Waals surface area (Å²) < 4.78 is 16.7. The van der Waals surface area contributed by atoms with Gasteiger partial charge in [0.1, 0.15) is 23.4 Å². The number of anilines is 3. The molecule has 12 nitrogen and oxygen atoms in total. The minimum Gasteiger partial charge on any atom is -0.497 e. The predicted octanol–water partition coefficient (Wildman–Crippen LogP) is 4.73. The molecule has 5 amide bonds. The van der Waals surface area contributed by atoms with Gasteiger partial charge in [-0.25, -0.2) is 9.59 Å². The average molecular weight is 606 g/mol. The number of urea groups is 2. The lowest BCUT2D eigenvalue weighted by atomic mass is 9.99. The smallest absolute Gasteiger partial charge is 0.323 e. The van der Waals surface area contributed by atoms with Gasteiger partial charge in [0.2, 0.25) is 0 Å². The van der Waals surface area contributed by atoms with Crippen molar-refractivity contribution in [1.29, 1.82) is 0 Å². The first-order valence-electron chi connectivity index (χ1n) is 14.2. The van der Waals surface area contributed by atoms with Crippen LogP contribution in [0.3, 0.4) is 0 Å². The second kappa shape index (κ2) is 14.5. The molecule has 44 heavy (non-hydrogen) atoms. The van der Waals surface area contributed by atoms with Gasteiger partial charge in [-0.2, -0.15) is 0 Å². The van der Waals surface area contributed by atoms with Crippen LogP contribution in [0.15, 0.2) is 66.7 Å². The molecular formula is C32H39N5O7. The van der Waals surface area contributed by atoms with E-state index in [4.69, 9.17) is 14.2 Å². The Labute approximate surface area is 256 Å². The second-order valence-electron chi connectivity index (χ2n) is 10.7. The number of nitrogens with zero attached hydrogens (tertiary/aromatic N) is 2. The van der Waals surface area contributed by atoms with Gasteiger partial charge in [-0.05, 0) is 73.7 Å².